The van der Waals surface area contributed by atoms with Crippen molar-refractivity contribution in [3.63, 3.8) is 0 Å². The number of aromatic nitrogens is 7. The van der Waals surface area contributed by atoms with E-state index in [1.165, 1.54) is 0 Å². The van der Waals surface area contributed by atoms with Crippen LogP contribution < -0.4 is 5.69 Å². The van der Waals surface area contributed by atoms with Crippen molar-refractivity contribution < 1.29 is 0 Å². The number of hydrogen-bond acceptors (Lipinski definition) is 5. The Morgan fingerprint density at radius 3 is 2.63 bits per heavy atom. The van der Waals surface area contributed by atoms with Gasteiger partial charge in [0, 0.05) is 30.2 Å². The zero-order chi connectivity index (χ0) is 20.9. The number of pyridine rings is 1. The van der Waals surface area contributed by atoms with Crippen LogP contribution in [0.3, 0.4) is 0 Å². The predicted octanol–water partition coefficient (Wildman–Crippen LogP) is 3.30. The third-order valence-electron chi connectivity index (χ3n) is 5.24. The maximum absolute atomic E-state index is 12.7. The van der Waals surface area contributed by atoms with E-state index in [0.717, 1.165) is 41.6 Å². The van der Waals surface area contributed by atoms with Gasteiger partial charge in [-0.05, 0) is 47.4 Å². The van der Waals surface area contributed by atoms with Gasteiger partial charge in [-0.3, -0.25) is 14.1 Å². The molecule has 0 aliphatic heterocycles. The molecule has 0 unspecified atom stereocenters. The highest BCUT2D eigenvalue weighted by Gasteiger charge is 2.13. The molecule has 0 aliphatic carbocycles. The van der Waals surface area contributed by atoms with Crippen molar-refractivity contribution in [2.24, 2.45) is 0 Å². The lowest BCUT2D eigenvalue weighted by Gasteiger charge is -2.09. The summed E-state index contributed by atoms with van der Waals surface area (Å²) in [5, 5.41) is 14.0. The number of rotatable bonds is 8. The van der Waals surface area contributed by atoms with Crippen LogP contribution in [0.4, 0.5) is 0 Å². The molecule has 0 saturated heterocycles. The minimum atomic E-state index is 0.0556. The fraction of sp³-hybridized carbons (Fsp3) is 0.318. The average molecular weight is 403 g/mol. The molecule has 4 rings (SSSR count). The van der Waals surface area contributed by atoms with Crippen LogP contribution in [-0.2, 0) is 19.5 Å². The molecular weight excluding hydrogens is 378 g/mol. The van der Waals surface area contributed by atoms with Gasteiger partial charge in [-0.15, -0.1) is 5.10 Å². The zero-order valence-corrected chi connectivity index (χ0v) is 17.2. The Balaban J connectivity index is 1.62. The number of aromatic amines is 1. The van der Waals surface area contributed by atoms with E-state index in [9.17, 15) is 4.79 Å². The van der Waals surface area contributed by atoms with Gasteiger partial charge < -0.3 is 0 Å². The summed E-state index contributed by atoms with van der Waals surface area (Å²) >= 11 is 0. The first-order valence-corrected chi connectivity index (χ1v) is 10.3. The molecule has 8 nitrogen and oxygen atoms in total. The minimum Gasteiger partial charge on any atom is -0.299 e. The van der Waals surface area contributed by atoms with Crippen molar-refractivity contribution in [1.29, 1.82) is 0 Å². The van der Waals surface area contributed by atoms with Crippen LogP contribution in [-0.4, -0.2) is 34.7 Å². The molecule has 0 atom stereocenters. The summed E-state index contributed by atoms with van der Waals surface area (Å²) < 4.78 is 3.68. The Labute approximate surface area is 174 Å². The number of tetrazole rings is 1. The van der Waals surface area contributed by atoms with Crippen molar-refractivity contribution >= 4 is 0 Å². The number of nitrogens with one attached hydrogen (secondary N) is 1. The highest BCUT2D eigenvalue weighted by atomic mass is 16.1. The molecule has 0 saturated carbocycles. The first-order chi connectivity index (χ1) is 14.7. The first-order valence-electron chi connectivity index (χ1n) is 10.3. The van der Waals surface area contributed by atoms with Crippen LogP contribution in [0, 0.1) is 0 Å². The standard InChI is InChI=1S/C22H25N7O/c1-3-5-7-18-15-28(4-2)22(30)29(18)14-16-9-11-17(12-10-16)19-8-6-13-23-20(19)21-24-26-27-25-21/h6,8-13,15H,3-5,7,14H2,1-2H3,(H,24,25,26,27). The lowest BCUT2D eigenvalue weighted by Crippen LogP contribution is -2.25. The molecule has 0 radical (unpaired) electrons. The minimum absolute atomic E-state index is 0.0556. The van der Waals surface area contributed by atoms with E-state index in [1.54, 1.807) is 10.8 Å². The second kappa shape index (κ2) is 8.86. The third-order valence-corrected chi connectivity index (χ3v) is 5.24. The van der Waals surface area contributed by atoms with E-state index in [2.05, 4.69) is 44.7 Å². The van der Waals surface area contributed by atoms with Gasteiger partial charge in [0.2, 0.25) is 0 Å². The number of imidazole rings is 1. The second-order valence-corrected chi connectivity index (χ2v) is 7.23. The van der Waals surface area contributed by atoms with Crippen molar-refractivity contribution in [1.82, 2.24) is 34.7 Å². The molecule has 0 aliphatic rings. The van der Waals surface area contributed by atoms with Crippen molar-refractivity contribution in [3.8, 4) is 22.6 Å². The van der Waals surface area contributed by atoms with Gasteiger partial charge in [-0.1, -0.05) is 43.7 Å². The SMILES string of the molecule is CCCCc1cn(CC)c(=O)n1Cc1ccc(-c2cccnc2-c2nnn[nH]2)cc1. The van der Waals surface area contributed by atoms with E-state index in [-0.39, 0.29) is 5.69 Å². The zero-order valence-electron chi connectivity index (χ0n) is 17.2. The van der Waals surface area contributed by atoms with Crippen LogP contribution >= 0.6 is 0 Å². The Bertz CT molecular complexity index is 1160. The predicted molar refractivity (Wildman–Crippen MR) is 115 cm³/mol. The lowest BCUT2D eigenvalue weighted by molar-refractivity contribution is 0.647. The molecule has 3 aromatic heterocycles. The van der Waals surface area contributed by atoms with E-state index in [1.807, 2.05) is 42.0 Å². The van der Waals surface area contributed by atoms with Crippen molar-refractivity contribution in [2.45, 2.75) is 46.2 Å². The quantitative estimate of drug-likeness (QED) is 0.487. The fourth-order valence-electron chi connectivity index (χ4n) is 3.59. The molecule has 1 aromatic carbocycles. The Morgan fingerprint density at radius 1 is 1.10 bits per heavy atom. The third kappa shape index (κ3) is 3.94. The summed E-state index contributed by atoms with van der Waals surface area (Å²) in [7, 11) is 0. The Hall–Kier alpha value is -3.55. The summed E-state index contributed by atoms with van der Waals surface area (Å²) in [5.41, 5.74) is 4.90. The number of hydrogen-bond donors (Lipinski definition) is 1. The summed E-state index contributed by atoms with van der Waals surface area (Å²) in [6.07, 6.45) is 6.82. The highest BCUT2D eigenvalue weighted by Crippen LogP contribution is 2.28. The summed E-state index contributed by atoms with van der Waals surface area (Å²) in [4.78, 5) is 17.2. The topological polar surface area (TPSA) is 94.3 Å². The van der Waals surface area contributed by atoms with Gasteiger partial charge in [-0.25, -0.2) is 9.89 Å². The molecule has 30 heavy (non-hydrogen) atoms. The van der Waals surface area contributed by atoms with Crippen LogP contribution in [0.15, 0.2) is 53.6 Å². The van der Waals surface area contributed by atoms with Gasteiger partial charge >= 0.3 is 5.69 Å². The Morgan fingerprint density at radius 2 is 1.93 bits per heavy atom. The molecule has 0 amide bonds. The van der Waals surface area contributed by atoms with E-state index >= 15 is 0 Å². The maximum Gasteiger partial charge on any atom is 0.328 e. The lowest BCUT2D eigenvalue weighted by atomic mass is 10.0. The molecule has 4 aromatic rings. The molecule has 1 N–H and O–H groups in total. The summed E-state index contributed by atoms with van der Waals surface area (Å²) in [6, 6.07) is 12.1. The number of H-pyrrole nitrogens is 1. The van der Waals surface area contributed by atoms with E-state index < -0.39 is 0 Å². The van der Waals surface area contributed by atoms with Crippen LogP contribution in [0.25, 0.3) is 22.6 Å². The molecule has 0 spiro atoms. The van der Waals surface area contributed by atoms with Gasteiger partial charge in [-0.2, -0.15) is 0 Å². The molecule has 0 bridgehead atoms. The van der Waals surface area contributed by atoms with E-state index in [0.29, 0.717) is 24.6 Å². The second-order valence-electron chi connectivity index (χ2n) is 7.23. The van der Waals surface area contributed by atoms with Gasteiger partial charge in [0.05, 0.1) is 6.54 Å². The summed E-state index contributed by atoms with van der Waals surface area (Å²) in [6.45, 7) is 5.42. The smallest absolute Gasteiger partial charge is 0.299 e. The monoisotopic (exact) mass is 403 g/mol. The van der Waals surface area contributed by atoms with Crippen LogP contribution in [0.5, 0.6) is 0 Å². The van der Waals surface area contributed by atoms with Gasteiger partial charge in [0.1, 0.15) is 5.69 Å². The molecule has 0 fully saturated rings. The largest absolute Gasteiger partial charge is 0.328 e. The maximum atomic E-state index is 12.7. The molecule has 8 heteroatoms. The molecular formula is C22H25N7O. The van der Waals surface area contributed by atoms with Crippen molar-refractivity contribution in [2.75, 3.05) is 0 Å². The average Bonchev–Trinajstić information content (AvgIpc) is 3.42. The van der Waals surface area contributed by atoms with Gasteiger partial charge in [0.25, 0.3) is 0 Å². The number of unbranched alkanes of at least 4 members (excludes halogenated alkanes) is 1. The van der Waals surface area contributed by atoms with Crippen molar-refractivity contribution in [3.05, 3.63) is 70.5 Å². The number of benzene rings is 1. The van der Waals surface area contributed by atoms with Crippen LogP contribution in [0.2, 0.25) is 0 Å². The highest BCUT2D eigenvalue weighted by molar-refractivity contribution is 5.77. The summed E-state index contributed by atoms with van der Waals surface area (Å²) in [5.74, 6) is 0.530. The number of nitrogens with zero attached hydrogens (tertiary/aromatic N) is 6. The molecule has 3 heterocycles. The fourth-order valence-corrected chi connectivity index (χ4v) is 3.59. The first kappa shape index (κ1) is 19.8. The number of aryl methyl sites for hydroxylation is 2. The van der Waals surface area contributed by atoms with E-state index in [4.69, 9.17) is 0 Å². The van der Waals surface area contributed by atoms with Crippen LogP contribution in [0.1, 0.15) is 37.9 Å². The molecule has 154 valence electrons. The normalized spacial score (nSPS) is 11.1. The Kier molecular flexibility index (Phi) is 5.83. The van der Waals surface area contributed by atoms with Gasteiger partial charge in [0.15, 0.2) is 5.82 Å².